The van der Waals surface area contributed by atoms with Gasteiger partial charge in [0.05, 0.1) is 0 Å². The molecule has 0 bridgehead atoms. The third-order valence-electron chi connectivity index (χ3n) is 1.99. The zero-order valence-electron chi connectivity index (χ0n) is 7.84. The molecule has 78 valence electrons. The van der Waals surface area contributed by atoms with Crippen molar-refractivity contribution in [2.45, 2.75) is 6.29 Å². The first-order chi connectivity index (χ1) is 7.16. The molecule has 0 saturated carbocycles. The minimum atomic E-state index is -0.538. The van der Waals surface area contributed by atoms with Crippen molar-refractivity contribution in [3.05, 3.63) is 29.3 Å². The summed E-state index contributed by atoms with van der Waals surface area (Å²) in [6, 6.07) is 7.23. The average Bonchev–Trinajstić information content (AvgIpc) is 2.20. The van der Waals surface area contributed by atoms with Gasteiger partial charge in [0.15, 0.2) is 6.29 Å². The van der Waals surface area contributed by atoms with Crippen LogP contribution in [0.3, 0.4) is 0 Å². The number of hydrogen-bond acceptors (Lipinski definition) is 5. The second kappa shape index (κ2) is 3.88. The summed E-state index contributed by atoms with van der Waals surface area (Å²) < 4.78 is 0. The van der Waals surface area contributed by atoms with E-state index in [-0.39, 0.29) is 5.96 Å². The zero-order valence-corrected chi connectivity index (χ0v) is 8.59. The van der Waals surface area contributed by atoms with Crippen molar-refractivity contribution in [1.82, 2.24) is 0 Å². The van der Waals surface area contributed by atoms with Crippen LogP contribution in [0.2, 0.25) is 5.02 Å². The molecular formula is C9H10ClN5. The van der Waals surface area contributed by atoms with E-state index in [9.17, 15) is 0 Å². The summed E-state index contributed by atoms with van der Waals surface area (Å²) in [6.07, 6.45) is 1.01. The SMILES string of the molecule is NC1=NC(N)N(c2ccc(Cl)cc2)C=N1. The van der Waals surface area contributed by atoms with Crippen molar-refractivity contribution in [1.29, 1.82) is 0 Å². The average molecular weight is 224 g/mol. The highest BCUT2D eigenvalue weighted by Crippen LogP contribution is 2.19. The van der Waals surface area contributed by atoms with E-state index in [0.29, 0.717) is 5.02 Å². The maximum atomic E-state index is 5.78. The third-order valence-corrected chi connectivity index (χ3v) is 2.24. The molecule has 0 radical (unpaired) electrons. The van der Waals surface area contributed by atoms with Crippen LogP contribution in [-0.2, 0) is 0 Å². The molecule has 0 saturated heterocycles. The Kier molecular flexibility index (Phi) is 2.57. The molecule has 4 N–H and O–H groups in total. The number of aliphatic imine (C=N–C) groups is 2. The topological polar surface area (TPSA) is 80.0 Å². The van der Waals surface area contributed by atoms with Crippen molar-refractivity contribution in [2.24, 2.45) is 21.5 Å². The van der Waals surface area contributed by atoms with E-state index in [4.69, 9.17) is 23.1 Å². The van der Waals surface area contributed by atoms with Crippen LogP contribution in [-0.4, -0.2) is 18.6 Å². The summed E-state index contributed by atoms with van der Waals surface area (Å²) in [6.45, 7) is 0. The van der Waals surface area contributed by atoms with Crippen LogP contribution < -0.4 is 16.4 Å². The molecule has 1 aliphatic heterocycles. The van der Waals surface area contributed by atoms with Crippen LogP contribution in [0.15, 0.2) is 34.3 Å². The van der Waals surface area contributed by atoms with E-state index in [1.54, 1.807) is 23.4 Å². The molecule has 0 aliphatic carbocycles. The number of rotatable bonds is 1. The third kappa shape index (κ3) is 2.08. The van der Waals surface area contributed by atoms with Crippen LogP contribution >= 0.6 is 11.6 Å². The number of anilines is 1. The predicted octanol–water partition coefficient (Wildman–Crippen LogP) is 0.745. The van der Waals surface area contributed by atoms with Crippen molar-refractivity contribution >= 4 is 29.6 Å². The summed E-state index contributed by atoms with van der Waals surface area (Å²) in [7, 11) is 0. The highest BCUT2D eigenvalue weighted by atomic mass is 35.5. The molecule has 15 heavy (non-hydrogen) atoms. The quantitative estimate of drug-likeness (QED) is 0.737. The van der Waals surface area contributed by atoms with Gasteiger partial charge in [0.25, 0.3) is 0 Å². The van der Waals surface area contributed by atoms with Crippen molar-refractivity contribution in [3.8, 4) is 0 Å². The molecule has 1 aromatic rings. The van der Waals surface area contributed by atoms with Gasteiger partial charge in [-0.15, -0.1) is 0 Å². The van der Waals surface area contributed by atoms with Crippen molar-refractivity contribution in [3.63, 3.8) is 0 Å². The Labute approximate surface area is 92.1 Å². The summed E-state index contributed by atoms with van der Waals surface area (Å²) in [5, 5.41) is 0.671. The van der Waals surface area contributed by atoms with E-state index in [0.717, 1.165) is 5.69 Å². The lowest BCUT2D eigenvalue weighted by atomic mass is 10.3. The van der Waals surface area contributed by atoms with E-state index in [1.165, 1.54) is 0 Å². The Hall–Kier alpha value is -1.59. The van der Waals surface area contributed by atoms with Gasteiger partial charge in [-0.3, -0.25) is 10.6 Å². The molecular weight excluding hydrogens is 214 g/mol. The number of nitrogens with two attached hydrogens (primary N) is 2. The van der Waals surface area contributed by atoms with E-state index < -0.39 is 6.29 Å². The Morgan fingerprint density at radius 3 is 2.53 bits per heavy atom. The largest absolute Gasteiger partial charge is 0.368 e. The summed E-state index contributed by atoms with van der Waals surface area (Å²) in [5.41, 5.74) is 12.1. The molecule has 1 atom stereocenters. The molecule has 0 fully saturated rings. The lowest BCUT2D eigenvalue weighted by Gasteiger charge is -2.26. The van der Waals surface area contributed by atoms with E-state index in [1.807, 2.05) is 12.1 Å². The Bertz CT molecular complexity index is 411. The van der Waals surface area contributed by atoms with Gasteiger partial charge >= 0.3 is 0 Å². The van der Waals surface area contributed by atoms with Gasteiger partial charge in [0.2, 0.25) is 5.96 Å². The molecule has 1 unspecified atom stereocenters. The van der Waals surface area contributed by atoms with Crippen LogP contribution in [0.4, 0.5) is 5.69 Å². The fraction of sp³-hybridized carbons (Fsp3) is 0.111. The number of nitrogens with zero attached hydrogens (tertiary/aromatic N) is 3. The highest BCUT2D eigenvalue weighted by molar-refractivity contribution is 6.30. The molecule has 1 heterocycles. The maximum Gasteiger partial charge on any atom is 0.220 e. The normalized spacial score (nSPS) is 20.3. The molecule has 6 heteroatoms. The smallest absolute Gasteiger partial charge is 0.220 e. The first-order valence-electron chi connectivity index (χ1n) is 4.34. The summed E-state index contributed by atoms with van der Waals surface area (Å²) in [5.74, 6) is 0.188. The van der Waals surface area contributed by atoms with Crippen molar-refractivity contribution in [2.75, 3.05) is 4.90 Å². The fourth-order valence-electron chi connectivity index (χ4n) is 1.25. The summed E-state index contributed by atoms with van der Waals surface area (Å²) in [4.78, 5) is 9.51. The molecule has 0 spiro atoms. The first kappa shape index (κ1) is 9.95. The second-order valence-corrected chi connectivity index (χ2v) is 3.47. The number of benzene rings is 1. The number of halogens is 1. The summed E-state index contributed by atoms with van der Waals surface area (Å²) >= 11 is 5.78. The van der Waals surface area contributed by atoms with Crippen LogP contribution in [0.5, 0.6) is 0 Å². The molecule has 0 aromatic heterocycles. The van der Waals surface area contributed by atoms with Crippen LogP contribution in [0.25, 0.3) is 0 Å². The predicted molar refractivity (Wildman–Crippen MR) is 62.0 cm³/mol. The molecule has 1 aliphatic rings. The van der Waals surface area contributed by atoms with E-state index >= 15 is 0 Å². The zero-order chi connectivity index (χ0) is 10.8. The van der Waals surface area contributed by atoms with E-state index in [2.05, 4.69) is 9.98 Å². The van der Waals surface area contributed by atoms with Crippen LogP contribution in [0.1, 0.15) is 0 Å². The van der Waals surface area contributed by atoms with Crippen LogP contribution in [0, 0.1) is 0 Å². The highest BCUT2D eigenvalue weighted by Gasteiger charge is 2.15. The minimum absolute atomic E-state index is 0.188. The fourth-order valence-corrected chi connectivity index (χ4v) is 1.38. The molecule has 5 nitrogen and oxygen atoms in total. The van der Waals surface area contributed by atoms with Gasteiger partial charge in [-0.2, -0.15) is 0 Å². The molecule has 1 aromatic carbocycles. The lowest BCUT2D eigenvalue weighted by Crippen LogP contribution is -2.44. The monoisotopic (exact) mass is 223 g/mol. The van der Waals surface area contributed by atoms with Gasteiger partial charge in [0, 0.05) is 10.7 Å². The van der Waals surface area contributed by atoms with Gasteiger partial charge in [-0.05, 0) is 24.3 Å². The van der Waals surface area contributed by atoms with Gasteiger partial charge in [-0.1, -0.05) is 11.6 Å². The maximum absolute atomic E-state index is 5.78. The van der Waals surface area contributed by atoms with Gasteiger partial charge in [0.1, 0.15) is 6.34 Å². The standard InChI is InChI=1S/C9H10ClN5/c10-6-1-3-7(4-2-6)15-5-13-8(11)14-9(15)12/h1-5,9H,12H2,(H2,11,14). The minimum Gasteiger partial charge on any atom is -0.368 e. The number of guanidine groups is 1. The lowest BCUT2D eigenvalue weighted by molar-refractivity contribution is 0.729. The Morgan fingerprint density at radius 1 is 1.27 bits per heavy atom. The molecule has 2 rings (SSSR count). The Morgan fingerprint density at radius 2 is 1.93 bits per heavy atom. The number of hydrogen-bond donors (Lipinski definition) is 2. The molecule has 0 amide bonds. The first-order valence-corrected chi connectivity index (χ1v) is 4.71. The van der Waals surface area contributed by atoms with Gasteiger partial charge in [-0.25, -0.2) is 9.98 Å². The van der Waals surface area contributed by atoms with Gasteiger partial charge < -0.3 is 5.73 Å². The van der Waals surface area contributed by atoms with Crippen molar-refractivity contribution < 1.29 is 0 Å². The Balaban J connectivity index is 2.26. The second-order valence-electron chi connectivity index (χ2n) is 3.03.